The Kier molecular flexibility index (Phi) is 4.01. The second-order valence-electron chi connectivity index (χ2n) is 3.14. The summed E-state index contributed by atoms with van der Waals surface area (Å²) in [7, 11) is 3.59. The average Bonchev–Trinajstić information content (AvgIpc) is 2.26. The zero-order chi connectivity index (χ0) is 10.6. The monoisotopic (exact) mass is 214 g/mol. The summed E-state index contributed by atoms with van der Waals surface area (Å²) in [6.45, 7) is 2.04. The molecule has 1 unspecified atom stereocenters. The number of pyridine rings is 1. The molecule has 4 heteroatoms. The summed E-state index contributed by atoms with van der Waals surface area (Å²) in [6, 6.07) is 3.97. The Labute approximate surface area is 89.7 Å². The summed E-state index contributed by atoms with van der Waals surface area (Å²) < 4.78 is 5.21. The van der Waals surface area contributed by atoms with Gasteiger partial charge in [0.1, 0.15) is 0 Å². The number of alkyl halides is 1. The standard InChI is InChI=1S/C10H15ClN2O/c1-8(7-11)13(2)10-9(14-3)5-4-6-12-10/h4-6,8H,7H2,1-3H3. The quantitative estimate of drug-likeness (QED) is 0.719. The molecule has 1 aromatic rings. The van der Waals surface area contributed by atoms with E-state index in [1.807, 2.05) is 31.0 Å². The first-order valence-electron chi connectivity index (χ1n) is 4.48. The smallest absolute Gasteiger partial charge is 0.171 e. The minimum atomic E-state index is 0.237. The molecule has 0 aromatic carbocycles. The van der Waals surface area contributed by atoms with Gasteiger partial charge < -0.3 is 9.64 Å². The molecule has 14 heavy (non-hydrogen) atoms. The maximum Gasteiger partial charge on any atom is 0.171 e. The summed E-state index contributed by atoms with van der Waals surface area (Å²) in [5.41, 5.74) is 0. The van der Waals surface area contributed by atoms with Crippen molar-refractivity contribution in [2.45, 2.75) is 13.0 Å². The fourth-order valence-corrected chi connectivity index (χ4v) is 1.33. The maximum absolute atomic E-state index is 5.78. The number of anilines is 1. The van der Waals surface area contributed by atoms with E-state index in [1.54, 1.807) is 13.3 Å². The van der Waals surface area contributed by atoms with Gasteiger partial charge in [-0.15, -0.1) is 11.6 Å². The van der Waals surface area contributed by atoms with Gasteiger partial charge in [0.15, 0.2) is 11.6 Å². The lowest BCUT2D eigenvalue weighted by Gasteiger charge is -2.25. The summed E-state index contributed by atoms with van der Waals surface area (Å²) in [6.07, 6.45) is 1.75. The Morgan fingerprint density at radius 2 is 2.36 bits per heavy atom. The molecule has 0 aliphatic heterocycles. The van der Waals surface area contributed by atoms with Crippen LogP contribution in [-0.4, -0.2) is 31.1 Å². The molecule has 0 fully saturated rings. The first kappa shape index (κ1) is 11.1. The molecule has 1 heterocycles. The maximum atomic E-state index is 5.78. The van der Waals surface area contributed by atoms with Gasteiger partial charge in [-0.1, -0.05) is 0 Å². The van der Waals surface area contributed by atoms with E-state index in [2.05, 4.69) is 4.98 Å². The first-order valence-corrected chi connectivity index (χ1v) is 5.02. The predicted octanol–water partition coefficient (Wildman–Crippen LogP) is 2.15. The topological polar surface area (TPSA) is 25.4 Å². The Morgan fingerprint density at radius 3 is 2.93 bits per heavy atom. The van der Waals surface area contributed by atoms with Crippen molar-refractivity contribution >= 4 is 17.4 Å². The fourth-order valence-electron chi connectivity index (χ4n) is 1.12. The molecule has 0 aliphatic carbocycles. The molecular weight excluding hydrogens is 200 g/mol. The highest BCUT2D eigenvalue weighted by molar-refractivity contribution is 6.18. The van der Waals surface area contributed by atoms with Crippen LogP contribution in [0.3, 0.4) is 0 Å². The molecule has 0 aliphatic rings. The van der Waals surface area contributed by atoms with Crippen LogP contribution in [0.15, 0.2) is 18.3 Å². The van der Waals surface area contributed by atoms with E-state index in [9.17, 15) is 0 Å². The highest BCUT2D eigenvalue weighted by Crippen LogP contribution is 2.25. The van der Waals surface area contributed by atoms with E-state index < -0.39 is 0 Å². The number of aromatic nitrogens is 1. The highest BCUT2D eigenvalue weighted by atomic mass is 35.5. The molecule has 0 saturated heterocycles. The molecule has 0 bridgehead atoms. The van der Waals surface area contributed by atoms with Crippen molar-refractivity contribution in [1.82, 2.24) is 4.98 Å². The van der Waals surface area contributed by atoms with E-state index in [4.69, 9.17) is 16.3 Å². The van der Waals surface area contributed by atoms with Crippen LogP contribution in [0.5, 0.6) is 5.75 Å². The van der Waals surface area contributed by atoms with Gasteiger partial charge in [-0.2, -0.15) is 0 Å². The summed E-state index contributed by atoms with van der Waals surface area (Å²) in [5.74, 6) is 2.16. The molecular formula is C10H15ClN2O. The second kappa shape index (κ2) is 5.05. The molecule has 0 radical (unpaired) electrons. The molecule has 1 rings (SSSR count). The summed E-state index contributed by atoms with van der Waals surface area (Å²) >= 11 is 5.78. The van der Waals surface area contributed by atoms with Crippen molar-refractivity contribution < 1.29 is 4.74 Å². The predicted molar refractivity (Wildman–Crippen MR) is 59.4 cm³/mol. The van der Waals surface area contributed by atoms with Crippen LogP contribution in [0.4, 0.5) is 5.82 Å². The molecule has 1 aromatic heterocycles. The van der Waals surface area contributed by atoms with Gasteiger partial charge in [0, 0.05) is 25.2 Å². The van der Waals surface area contributed by atoms with Crippen molar-refractivity contribution in [3.8, 4) is 5.75 Å². The lowest BCUT2D eigenvalue weighted by molar-refractivity contribution is 0.412. The van der Waals surface area contributed by atoms with Crippen LogP contribution >= 0.6 is 11.6 Å². The van der Waals surface area contributed by atoms with Gasteiger partial charge in [0.2, 0.25) is 0 Å². The Morgan fingerprint density at radius 1 is 1.64 bits per heavy atom. The van der Waals surface area contributed by atoms with E-state index in [1.165, 1.54) is 0 Å². The van der Waals surface area contributed by atoms with E-state index in [0.717, 1.165) is 11.6 Å². The number of halogens is 1. The van der Waals surface area contributed by atoms with E-state index >= 15 is 0 Å². The lowest BCUT2D eigenvalue weighted by Crippen LogP contribution is -2.31. The van der Waals surface area contributed by atoms with Crippen molar-refractivity contribution in [3.63, 3.8) is 0 Å². The van der Waals surface area contributed by atoms with E-state index in [-0.39, 0.29) is 6.04 Å². The third kappa shape index (κ3) is 2.29. The zero-order valence-electron chi connectivity index (χ0n) is 8.70. The molecule has 3 nitrogen and oxygen atoms in total. The number of rotatable bonds is 4. The summed E-state index contributed by atoms with van der Waals surface area (Å²) in [5, 5.41) is 0. The number of hydrogen-bond acceptors (Lipinski definition) is 3. The second-order valence-corrected chi connectivity index (χ2v) is 3.45. The molecule has 78 valence electrons. The first-order chi connectivity index (χ1) is 6.70. The highest BCUT2D eigenvalue weighted by Gasteiger charge is 2.13. The van der Waals surface area contributed by atoms with Gasteiger partial charge >= 0.3 is 0 Å². The fraction of sp³-hybridized carbons (Fsp3) is 0.500. The van der Waals surface area contributed by atoms with Crippen LogP contribution in [0.25, 0.3) is 0 Å². The normalized spacial score (nSPS) is 12.3. The van der Waals surface area contributed by atoms with Crippen molar-refractivity contribution in [3.05, 3.63) is 18.3 Å². The lowest BCUT2D eigenvalue weighted by atomic mass is 10.3. The largest absolute Gasteiger partial charge is 0.493 e. The van der Waals surface area contributed by atoms with Gasteiger partial charge in [0.05, 0.1) is 7.11 Å². The van der Waals surface area contributed by atoms with Crippen LogP contribution in [0.2, 0.25) is 0 Å². The number of ether oxygens (including phenoxy) is 1. The third-order valence-corrected chi connectivity index (χ3v) is 2.64. The minimum absolute atomic E-state index is 0.237. The average molecular weight is 215 g/mol. The molecule has 0 saturated carbocycles. The van der Waals surface area contributed by atoms with Gasteiger partial charge in [-0.25, -0.2) is 4.98 Å². The van der Waals surface area contributed by atoms with Crippen LogP contribution in [0, 0.1) is 0 Å². The van der Waals surface area contributed by atoms with Gasteiger partial charge in [-0.05, 0) is 19.1 Å². The Bertz CT molecular complexity index is 293. The van der Waals surface area contributed by atoms with Crippen LogP contribution in [0.1, 0.15) is 6.92 Å². The van der Waals surface area contributed by atoms with Crippen molar-refractivity contribution in [2.75, 3.05) is 24.9 Å². The molecule has 0 amide bonds. The zero-order valence-corrected chi connectivity index (χ0v) is 9.45. The molecule has 1 atom stereocenters. The molecule has 0 spiro atoms. The molecule has 0 N–H and O–H groups in total. The summed E-state index contributed by atoms with van der Waals surface area (Å²) in [4.78, 5) is 6.27. The minimum Gasteiger partial charge on any atom is -0.493 e. The van der Waals surface area contributed by atoms with Gasteiger partial charge in [-0.3, -0.25) is 0 Å². The van der Waals surface area contributed by atoms with E-state index in [0.29, 0.717) is 5.88 Å². The number of nitrogens with zero attached hydrogens (tertiary/aromatic N) is 2. The van der Waals surface area contributed by atoms with Gasteiger partial charge in [0.25, 0.3) is 0 Å². The Hall–Kier alpha value is -0.960. The number of methoxy groups -OCH3 is 1. The SMILES string of the molecule is COc1cccnc1N(C)C(C)CCl. The third-order valence-electron chi connectivity index (χ3n) is 2.19. The number of hydrogen-bond donors (Lipinski definition) is 0. The van der Waals surface area contributed by atoms with Crippen LogP contribution < -0.4 is 9.64 Å². The van der Waals surface area contributed by atoms with Crippen molar-refractivity contribution in [2.24, 2.45) is 0 Å². The Balaban J connectivity index is 2.93. The van der Waals surface area contributed by atoms with Crippen LogP contribution in [-0.2, 0) is 0 Å². The van der Waals surface area contributed by atoms with Crippen molar-refractivity contribution in [1.29, 1.82) is 0 Å².